The van der Waals surface area contributed by atoms with Crippen molar-refractivity contribution < 1.29 is 13.9 Å². The van der Waals surface area contributed by atoms with E-state index in [2.05, 4.69) is 20.3 Å². The van der Waals surface area contributed by atoms with E-state index in [1.165, 1.54) is 27.9 Å². The van der Waals surface area contributed by atoms with Crippen LogP contribution in [-0.2, 0) is 16.0 Å². The molecular formula is C27H31FN6O3S. The number of halogens is 1. The van der Waals surface area contributed by atoms with Crippen molar-refractivity contribution in [3.05, 3.63) is 68.5 Å². The molecule has 3 aromatic heterocycles. The van der Waals surface area contributed by atoms with Crippen LogP contribution in [-0.4, -0.2) is 69.4 Å². The zero-order chi connectivity index (χ0) is 26.8. The number of hydrogen-bond acceptors (Lipinski definition) is 7. The first kappa shape index (κ1) is 26.2. The first-order valence-corrected chi connectivity index (χ1v) is 13.6. The van der Waals surface area contributed by atoms with Crippen LogP contribution in [0.3, 0.4) is 0 Å². The Labute approximate surface area is 223 Å². The molecule has 200 valence electrons. The minimum Gasteiger partial charge on any atom is -0.379 e. The Morgan fingerprint density at radius 3 is 2.76 bits per heavy atom. The molecule has 0 atom stereocenters. The lowest BCUT2D eigenvalue weighted by Gasteiger charge is -2.26. The highest BCUT2D eigenvalue weighted by Gasteiger charge is 2.20. The van der Waals surface area contributed by atoms with Gasteiger partial charge in [0.05, 0.1) is 36.6 Å². The third-order valence-corrected chi connectivity index (χ3v) is 7.66. The molecule has 0 spiro atoms. The van der Waals surface area contributed by atoms with Crippen LogP contribution in [0, 0.1) is 26.6 Å². The Bertz CT molecular complexity index is 1540. The summed E-state index contributed by atoms with van der Waals surface area (Å²) in [7, 11) is 0. The van der Waals surface area contributed by atoms with Crippen LogP contribution in [0.15, 0.2) is 34.4 Å². The lowest BCUT2D eigenvalue weighted by molar-refractivity contribution is -0.120. The van der Waals surface area contributed by atoms with Crippen molar-refractivity contribution in [3.63, 3.8) is 0 Å². The predicted molar refractivity (Wildman–Crippen MR) is 145 cm³/mol. The summed E-state index contributed by atoms with van der Waals surface area (Å²) in [5.74, 6) is -0.494. The minimum absolute atomic E-state index is 0.0809. The average Bonchev–Trinajstić information content (AvgIpc) is 3.47. The summed E-state index contributed by atoms with van der Waals surface area (Å²) in [6, 6.07) is 6.34. The lowest BCUT2D eigenvalue weighted by Crippen LogP contribution is -2.38. The van der Waals surface area contributed by atoms with Gasteiger partial charge < -0.3 is 10.1 Å². The number of benzene rings is 1. The van der Waals surface area contributed by atoms with E-state index in [0.717, 1.165) is 50.5 Å². The summed E-state index contributed by atoms with van der Waals surface area (Å²) in [5.41, 5.74) is 3.93. The summed E-state index contributed by atoms with van der Waals surface area (Å²) in [5, 5.41) is 9.43. The van der Waals surface area contributed by atoms with E-state index in [0.29, 0.717) is 39.8 Å². The lowest BCUT2D eigenvalue weighted by atomic mass is 10.1. The second kappa shape index (κ2) is 11.1. The zero-order valence-corrected chi connectivity index (χ0v) is 22.6. The summed E-state index contributed by atoms with van der Waals surface area (Å²) < 4.78 is 22.5. The van der Waals surface area contributed by atoms with Gasteiger partial charge in [-0.3, -0.25) is 18.9 Å². The number of carbonyl (C=O) groups excluding carboxylic acids is 1. The van der Waals surface area contributed by atoms with Gasteiger partial charge in [-0.2, -0.15) is 5.10 Å². The molecule has 1 saturated heterocycles. The monoisotopic (exact) mass is 538 g/mol. The van der Waals surface area contributed by atoms with Gasteiger partial charge in [0.2, 0.25) is 5.91 Å². The third kappa shape index (κ3) is 5.40. The van der Waals surface area contributed by atoms with Crippen molar-refractivity contribution in [2.45, 2.75) is 33.6 Å². The van der Waals surface area contributed by atoms with E-state index in [-0.39, 0.29) is 23.7 Å². The number of aryl methyl sites for hydroxylation is 3. The molecule has 0 unspecified atom stereocenters. The van der Waals surface area contributed by atoms with E-state index in [1.807, 2.05) is 13.8 Å². The number of fused-ring (bicyclic) bond motifs is 1. The molecule has 5 rings (SSSR count). The number of nitrogens with one attached hydrogen (secondary N) is 1. The van der Waals surface area contributed by atoms with Crippen molar-refractivity contribution in [2.24, 2.45) is 0 Å². The van der Waals surface area contributed by atoms with E-state index in [9.17, 15) is 14.0 Å². The fraction of sp³-hybridized carbons (Fsp3) is 0.407. The zero-order valence-electron chi connectivity index (χ0n) is 21.8. The second-order valence-electron chi connectivity index (χ2n) is 9.57. The van der Waals surface area contributed by atoms with Crippen molar-refractivity contribution in [2.75, 3.05) is 39.4 Å². The van der Waals surface area contributed by atoms with E-state index in [1.54, 1.807) is 29.1 Å². The van der Waals surface area contributed by atoms with E-state index in [4.69, 9.17) is 4.74 Å². The SMILES string of the molecule is Cc1ccc(F)cc1-n1nc(-c2c(C)nc3scc(CC(=O)NCCCN4CCOCC4)n3c2=O)cc1C. The number of morpholine rings is 1. The van der Waals surface area contributed by atoms with Crippen LogP contribution < -0.4 is 10.9 Å². The van der Waals surface area contributed by atoms with Crippen LogP contribution in [0.5, 0.6) is 0 Å². The Hall–Kier alpha value is -3.41. The standard InChI is InChI=1S/C27H31FN6O3S/c1-17-5-6-20(28)14-23(17)34-18(2)13-22(31-34)25-19(3)30-27-33(26(25)36)21(16-38-27)15-24(35)29-7-4-8-32-9-11-37-12-10-32/h5-6,13-14,16H,4,7-12,15H2,1-3H3,(H,29,35). The number of nitrogens with zero attached hydrogens (tertiary/aromatic N) is 5. The maximum Gasteiger partial charge on any atom is 0.268 e. The quantitative estimate of drug-likeness (QED) is 0.347. The van der Waals surface area contributed by atoms with Crippen molar-refractivity contribution in [3.8, 4) is 16.9 Å². The molecule has 38 heavy (non-hydrogen) atoms. The molecule has 1 aromatic carbocycles. The molecule has 1 amide bonds. The number of carbonyl (C=O) groups is 1. The highest BCUT2D eigenvalue weighted by Crippen LogP contribution is 2.25. The summed E-state index contributed by atoms with van der Waals surface area (Å²) in [6.07, 6.45) is 0.936. The van der Waals surface area contributed by atoms with Crippen LogP contribution >= 0.6 is 11.3 Å². The molecule has 4 aromatic rings. The normalized spacial score (nSPS) is 14.3. The van der Waals surface area contributed by atoms with Crippen LogP contribution in [0.1, 0.15) is 29.1 Å². The fourth-order valence-electron chi connectivity index (χ4n) is 4.76. The van der Waals surface area contributed by atoms with Gasteiger partial charge in [0.25, 0.3) is 5.56 Å². The largest absolute Gasteiger partial charge is 0.379 e. The van der Waals surface area contributed by atoms with Gasteiger partial charge in [-0.1, -0.05) is 6.07 Å². The number of ether oxygens (including phenoxy) is 1. The van der Waals surface area contributed by atoms with Crippen LogP contribution in [0.25, 0.3) is 21.9 Å². The van der Waals surface area contributed by atoms with Crippen molar-refractivity contribution in [1.82, 2.24) is 29.4 Å². The van der Waals surface area contributed by atoms with Crippen molar-refractivity contribution >= 4 is 22.2 Å². The molecule has 1 fully saturated rings. The number of amides is 1. The molecule has 0 aliphatic carbocycles. The predicted octanol–water partition coefficient (Wildman–Crippen LogP) is 3.05. The Morgan fingerprint density at radius 1 is 1.18 bits per heavy atom. The number of aromatic nitrogens is 4. The molecule has 0 radical (unpaired) electrons. The molecule has 1 aliphatic rings. The molecule has 9 nitrogen and oxygen atoms in total. The number of rotatable bonds is 8. The van der Waals surface area contributed by atoms with Gasteiger partial charge in [0, 0.05) is 36.4 Å². The van der Waals surface area contributed by atoms with Gasteiger partial charge in [0.15, 0.2) is 4.96 Å². The van der Waals surface area contributed by atoms with Gasteiger partial charge in [0.1, 0.15) is 11.5 Å². The Balaban J connectivity index is 1.36. The smallest absolute Gasteiger partial charge is 0.268 e. The van der Waals surface area contributed by atoms with Gasteiger partial charge in [-0.05, 0) is 57.5 Å². The van der Waals surface area contributed by atoms with Crippen LogP contribution in [0.4, 0.5) is 4.39 Å². The van der Waals surface area contributed by atoms with Gasteiger partial charge >= 0.3 is 0 Å². The molecule has 0 bridgehead atoms. The number of hydrogen-bond donors (Lipinski definition) is 1. The first-order chi connectivity index (χ1) is 18.3. The van der Waals surface area contributed by atoms with E-state index < -0.39 is 0 Å². The molecule has 1 aliphatic heterocycles. The number of thiazole rings is 1. The molecular weight excluding hydrogens is 507 g/mol. The van der Waals surface area contributed by atoms with Crippen molar-refractivity contribution in [1.29, 1.82) is 0 Å². The molecule has 1 N–H and O–H groups in total. The van der Waals surface area contributed by atoms with E-state index >= 15 is 0 Å². The van der Waals surface area contributed by atoms with Crippen LogP contribution in [0.2, 0.25) is 0 Å². The second-order valence-corrected chi connectivity index (χ2v) is 10.4. The highest BCUT2D eigenvalue weighted by molar-refractivity contribution is 7.15. The maximum atomic E-state index is 14.0. The Kier molecular flexibility index (Phi) is 7.68. The Morgan fingerprint density at radius 2 is 1.97 bits per heavy atom. The topological polar surface area (TPSA) is 93.8 Å². The summed E-state index contributed by atoms with van der Waals surface area (Å²) in [6.45, 7) is 10.4. The van der Waals surface area contributed by atoms with Gasteiger partial charge in [-0.25, -0.2) is 14.1 Å². The molecule has 0 saturated carbocycles. The maximum absolute atomic E-state index is 14.0. The molecule has 4 heterocycles. The first-order valence-electron chi connectivity index (χ1n) is 12.7. The molecule has 11 heteroatoms. The van der Waals surface area contributed by atoms with Gasteiger partial charge in [-0.15, -0.1) is 11.3 Å². The summed E-state index contributed by atoms with van der Waals surface area (Å²) in [4.78, 5) is 33.9. The average molecular weight is 539 g/mol. The fourth-order valence-corrected chi connectivity index (χ4v) is 5.68. The minimum atomic E-state index is -0.358. The highest BCUT2D eigenvalue weighted by atomic mass is 32.1. The third-order valence-electron chi connectivity index (χ3n) is 6.78. The summed E-state index contributed by atoms with van der Waals surface area (Å²) >= 11 is 1.33.